The van der Waals surface area contributed by atoms with Crippen molar-refractivity contribution in [3.05, 3.63) is 138 Å². The Labute approximate surface area is 198 Å². The summed E-state index contributed by atoms with van der Waals surface area (Å²) in [5.74, 6) is 0. The van der Waals surface area contributed by atoms with E-state index in [1.807, 2.05) is 12.1 Å². The molecule has 2 aliphatic carbocycles. The molecule has 34 heavy (non-hydrogen) atoms. The third-order valence-electron chi connectivity index (χ3n) is 7.54. The molecule has 5 aromatic carbocycles. The first-order valence-corrected chi connectivity index (χ1v) is 11.6. The van der Waals surface area contributed by atoms with E-state index in [0.29, 0.717) is 5.46 Å². The highest BCUT2D eigenvalue weighted by Gasteiger charge is 2.51. The summed E-state index contributed by atoms with van der Waals surface area (Å²) in [6.45, 7) is 0. The zero-order chi connectivity index (χ0) is 22.9. The van der Waals surface area contributed by atoms with Gasteiger partial charge in [-0.15, -0.1) is 0 Å². The second-order valence-electron chi connectivity index (χ2n) is 9.14. The fraction of sp³-hybridized carbons (Fsp3) is 0.0323. The SMILES string of the molecule is OB(O)c1ccc(-c2ccc3c(c2)C2(c4ccccc4-c4ccccc42)c2ccccc2-3)cc1. The van der Waals surface area contributed by atoms with E-state index < -0.39 is 7.12 Å². The summed E-state index contributed by atoms with van der Waals surface area (Å²) in [5.41, 5.74) is 12.8. The highest BCUT2D eigenvalue weighted by molar-refractivity contribution is 6.58. The summed E-state index contributed by atoms with van der Waals surface area (Å²) in [4.78, 5) is 0. The maximum Gasteiger partial charge on any atom is 0.488 e. The molecule has 2 N–H and O–H groups in total. The lowest BCUT2D eigenvalue weighted by atomic mass is 9.70. The van der Waals surface area contributed by atoms with Crippen molar-refractivity contribution in [3.8, 4) is 33.4 Å². The van der Waals surface area contributed by atoms with Gasteiger partial charge in [-0.1, -0.05) is 109 Å². The number of rotatable bonds is 2. The third-order valence-corrected chi connectivity index (χ3v) is 7.54. The van der Waals surface area contributed by atoms with Crippen molar-refractivity contribution in [2.75, 3.05) is 0 Å². The van der Waals surface area contributed by atoms with Crippen LogP contribution in [0.1, 0.15) is 22.3 Å². The topological polar surface area (TPSA) is 40.5 Å². The van der Waals surface area contributed by atoms with Gasteiger partial charge in [-0.2, -0.15) is 0 Å². The van der Waals surface area contributed by atoms with Crippen molar-refractivity contribution in [3.63, 3.8) is 0 Å². The summed E-state index contributed by atoms with van der Waals surface area (Å²) in [6, 6.07) is 40.6. The summed E-state index contributed by atoms with van der Waals surface area (Å²) in [5, 5.41) is 19.0. The van der Waals surface area contributed by atoms with Crippen LogP contribution in [0.3, 0.4) is 0 Å². The quantitative estimate of drug-likeness (QED) is 0.358. The fourth-order valence-electron chi connectivity index (χ4n) is 6.12. The van der Waals surface area contributed by atoms with Crippen molar-refractivity contribution in [1.82, 2.24) is 0 Å². The van der Waals surface area contributed by atoms with E-state index in [-0.39, 0.29) is 5.41 Å². The lowest BCUT2D eigenvalue weighted by molar-refractivity contribution is 0.426. The minimum absolute atomic E-state index is 0.351. The van der Waals surface area contributed by atoms with Gasteiger partial charge in [0.1, 0.15) is 0 Å². The molecule has 2 nitrogen and oxygen atoms in total. The molecule has 0 bridgehead atoms. The van der Waals surface area contributed by atoms with Gasteiger partial charge in [0.25, 0.3) is 0 Å². The monoisotopic (exact) mass is 436 g/mol. The Hall–Kier alpha value is -3.92. The van der Waals surface area contributed by atoms with Gasteiger partial charge < -0.3 is 10.0 Å². The summed E-state index contributed by atoms with van der Waals surface area (Å²) in [6.07, 6.45) is 0. The van der Waals surface area contributed by atoms with Gasteiger partial charge in [-0.05, 0) is 67.2 Å². The van der Waals surface area contributed by atoms with Crippen molar-refractivity contribution in [2.24, 2.45) is 0 Å². The molecule has 0 fully saturated rings. The molecule has 3 heteroatoms. The van der Waals surface area contributed by atoms with Crippen LogP contribution < -0.4 is 5.46 Å². The molecule has 0 atom stereocenters. The molecule has 1 spiro atoms. The molecular formula is C31H21BO2. The second kappa shape index (κ2) is 7.04. The average Bonchev–Trinajstić information content (AvgIpc) is 3.36. The zero-order valence-corrected chi connectivity index (χ0v) is 18.4. The molecule has 160 valence electrons. The first-order chi connectivity index (χ1) is 16.7. The Morgan fingerprint density at radius 3 is 1.38 bits per heavy atom. The fourth-order valence-corrected chi connectivity index (χ4v) is 6.12. The van der Waals surface area contributed by atoms with E-state index in [1.165, 1.54) is 44.5 Å². The molecule has 2 aliphatic rings. The largest absolute Gasteiger partial charge is 0.488 e. The maximum absolute atomic E-state index is 9.49. The number of fused-ring (bicyclic) bond motifs is 10. The van der Waals surface area contributed by atoms with Crippen LogP contribution in [-0.2, 0) is 5.41 Å². The zero-order valence-electron chi connectivity index (χ0n) is 18.4. The van der Waals surface area contributed by atoms with Gasteiger partial charge in [0.2, 0.25) is 0 Å². The lowest BCUT2D eigenvalue weighted by Gasteiger charge is -2.30. The van der Waals surface area contributed by atoms with Crippen LogP contribution in [0.2, 0.25) is 0 Å². The molecule has 0 amide bonds. The number of hydrogen-bond acceptors (Lipinski definition) is 2. The van der Waals surface area contributed by atoms with Gasteiger partial charge in [0, 0.05) is 0 Å². The Morgan fingerprint density at radius 1 is 0.441 bits per heavy atom. The van der Waals surface area contributed by atoms with Gasteiger partial charge in [-0.3, -0.25) is 0 Å². The Bertz CT molecular complexity index is 1520. The van der Waals surface area contributed by atoms with E-state index in [0.717, 1.165) is 11.1 Å². The summed E-state index contributed by atoms with van der Waals surface area (Å²) in [7, 11) is -1.46. The van der Waals surface area contributed by atoms with Crippen LogP contribution in [-0.4, -0.2) is 17.2 Å². The molecule has 0 saturated heterocycles. The minimum atomic E-state index is -1.46. The van der Waals surface area contributed by atoms with Crippen LogP contribution in [0, 0.1) is 0 Å². The summed E-state index contributed by atoms with van der Waals surface area (Å²) < 4.78 is 0. The van der Waals surface area contributed by atoms with Crippen LogP contribution >= 0.6 is 0 Å². The highest BCUT2D eigenvalue weighted by Crippen LogP contribution is 2.62. The van der Waals surface area contributed by atoms with Crippen LogP contribution in [0.5, 0.6) is 0 Å². The van der Waals surface area contributed by atoms with Gasteiger partial charge in [0.15, 0.2) is 0 Å². The van der Waals surface area contributed by atoms with Gasteiger partial charge >= 0.3 is 7.12 Å². The minimum Gasteiger partial charge on any atom is -0.423 e. The number of benzene rings is 5. The first-order valence-electron chi connectivity index (χ1n) is 11.6. The van der Waals surface area contributed by atoms with E-state index in [2.05, 4.69) is 91.0 Å². The van der Waals surface area contributed by atoms with Crippen LogP contribution in [0.4, 0.5) is 0 Å². The predicted molar refractivity (Wildman–Crippen MR) is 138 cm³/mol. The molecule has 0 unspecified atom stereocenters. The molecule has 0 saturated carbocycles. The van der Waals surface area contributed by atoms with E-state index >= 15 is 0 Å². The number of hydrogen-bond donors (Lipinski definition) is 2. The molecule has 0 aliphatic heterocycles. The smallest absolute Gasteiger partial charge is 0.423 e. The van der Waals surface area contributed by atoms with Crippen LogP contribution in [0.15, 0.2) is 115 Å². The second-order valence-corrected chi connectivity index (χ2v) is 9.14. The molecule has 0 radical (unpaired) electrons. The van der Waals surface area contributed by atoms with Crippen molar-refractivity contribution in [2.45, 2.75) is 5.41 Å². The van der Waals surface area contributed by atoms with E-state index in [4.69, 9.17) is 0 Å². The van der Waals surface area contributed by atoms with Gasteiger partial charge in [0.05, 0.1) is 5.41 Å². The van der Waals surface area contributed by atoms with E-state index in [1.54, 1.807) is 12.1 Å². The Balaban J connectivity index is 1.55. The predicted octanol–water partition coefficient (Wildman–Crippen LogP) is 5.38. The molecular weight excluding hydrogens is 415 g/mol. The Kier molecular flexibility index (Phi) is 4.05. The third kappa shape index (κ3) is 2.43. The molecule has 5 aromatic rings. The lowest BCUT2D eigenvalue weighted by Crippen LogP contribution is -2.29. The normalized spacial score (nSPS) is 13.8. The van der Waals surface area contributed by atoms with E-state index in [9.17, 15) is 10.0 Å². The van der Waals surface area contributed by atoms with Crippen molar-refractivity contribution >= 4 is 12.6 Å². The molecule has 0 aromatic heterocycles. The molecule has 7 rings (SSSR count). The Morgan fingerprint density at radius 2 is 0.882 bits per heavy atom. The maximum atomic E-state index is 9.49. The van der Waals surface area contributed by atoms with Gasteiger partial charge in [-0.25, -0.2) is 0 Å². The summed E-state index contributed by atoms with van der Waals surface area (Å²) >= 11 is 0. The standard InChI is InChI=1S/C31H21BO2/c33-32(34)22-16-13-20(14-17-22)21-15-18-26-25-9-3-6-12-29(25)31(30(26)19-21)27-10-4-1-7-23(27)24-8-2-5-11-28(24)31/h1-19,33-34H. The van der Waals surface area contributed by atoms with Crippen LogP contribution in [0.25, 0.3) is 33.4 Å². The first kappa shape index (κ1) is 19.5. The van der Waals surface area contributed by atoms with Crippen molar-refractivity contribution < 1.29 is 10.0 Å². The van der Waals surface area contributed by atoms with Crippen molar-refractivity contribution in [1.29, 1.82) is 0 Å². The molecule has 0 heterocycles. The average molecular weight is 436 g/mol. The highest BCUT2D eigenvalue weighted by atomic mass is 16.4.